The highest BCUT2D eigenvalue weighted by molar-refractivity contribution is 5.80. The highest BCUT2D eigenvalue weighted by atomic mass is 16.4. The van der Waals surface area contributed by atoms with Gasteiger partial charge >= 0.3 is 5.97 Å². The summed E-state index contributed by atoms with van der Waals surface area (Å²) in [7, 11) is 0. The largest absolute Gasteiger partial charge is 0.481 e. The molecule has 2 aromatic heterocycles. The van der Waals surface area contributed by atoms with Crippen LogP contribution in [-0.4, -0.2) is 25.7 Å². The minimum Gasteiger partial charge on any atom is -0.481 e. The first-order chi connectivity index (χ1) is 9.65. The van der Waals surface area contributed by atoms with Gasteiger partial charge in [0, 0.05) is 23.5 Å². The first-order valence-electron chi connectivity index (χ1n) is 6.26. The quantitative estimate of drug-likeness (QED) is 0.790. The molecule has 1 aromatic carbocycles. The third kappa shape index (κ3) is 2.14. The summed E-state index contributed by atoms with van der Waals surface area (Å²) in [5.41, 5.74) is 3.95. The molecule has 3 aromatic rings. The van der Waals surface area contributed by atoms with E-state index in [4.69, 9.17) is 5.11 Å². The zero-order valence-corrected chi connectivity index (χ0v) is 10.9. The molecule has 0 aliphatic rings. The maximum absolute atomic E-state index is 11.1. The third-order valence-electron chi connectivity index (χ3n) is 3.14. The summed E-state index contributed by atoms with van der Waals surface area (Å²) in [4.78, 5) is 15.3. The number of benzene rings is 1. The van der Waals surface area contributed by atoms with E-state index in [0.717, 1.165) is 11.1 Å². The van der Waals surface area contributed by atoms with Crippen LogP contribution in [0.4, 0.5) is 0 Å². The number of aromatic nitrogens is 3. The van der Waals surface area contributed by atoms with Gasteiger partial charge in [0.25, 0.3) is 0 Å². The first-order valence-corrected chi connectivity index (χ1v) is 6.26. The Hall–Kier alpha value is -2.69. The zero-order valence-electron chi connectivity index (χ0n) is 10.9. The number of fused-ring (bicyclic) bond motifs is 1. The van der Waals surface area contributed by atoms with Crippen LogP contribution >= 0.6 is 0 Å². The van der Waals surface area contributed by atoms with Crippen molar-refractivity contribution in [3.63, 3.8) is 0 Å². The van der Waals surface area contributed by atoms with E-state index < -0.39 is 5.97 Å². The number of hydrogen-bond donors (Lipinski definition) is 1. The van der Waals surface area contributed by atoms with Crippen LogP contribution in [0.2, 0.25) is 0 Å². The van der Waals surface area contributed by atoms with Crippen molar-refractivity contribution in [1.82, 2.24) is 14.6 Å². The van der Waals surface area contributed by atoms with Crippen molar-refractivity contribution in [1.29, 1.82) is 0 Å². The van der Waals surface area contributed by atoms with Crippen LogP contribution in [0.25, 0.3) is 16.9 Å². The van der Waals surface area contributed by atoms with Gasteiger partial charge in [-0.3, -0.25) is 4.79 Å². The van der Waals surface area contributed by atoms with Crippen molar-refractivity contribution in [3.05, 3.63) is 53.9 Å². The van der Waals surface area contributed by atoms with Gasteiger partial charge in [0.1, 0.15) is 0 Å². The second-order valence-electron chi connectivity index (χ2n) is 4.65. The van der Waals surface area contributed by atoms with Gasteiger partial charge in [-0.15, -0.1) is 0 Å². The van der Waals surface area contributed by atoms with Crippen LogP contribution in [0.15, 0.2) is 42.7 Å². The van der Waals surface area contributed by atoms with Crippen LogP contribution in [0.5, 0.6) is 0 Å². The molecule has 0 saturated heterocycles. The average molecular weight is 267 g/mol. The second-order valence-corrected chi connectivity index (χ2v) is 4.65. The molecule has 0 saturated carbocycles. The molecule has 100 valence electrons. The molecule has 5 heteroatoms. The predicted molar refractivity (Wildman–Crippen MR) is 74.5 cm³/mol. The lowest BCUT2D eigenvalue weighted by Crippen LogP contribution is -2.01. The van der Waals surface area contributed by atoms with E-state index >= 15 is 0 Å². The molecule has 0 spiro atoms. The van der Waals surface area contributed by atoms with E-state index in [0.29, 0.717) is 16.9 Å². The molecule has 0 amide bonds. The third-order valence-corrected chi connectivity index (χ3v) is 3.14. The Morgan fingerprint density at radius 3 is 2.75 bits per heavy atom. The Kier molecular flexibility index (Phi) is 2.95. The molecule has 0 bridgehead atoms. The number of carboxylic acids is 1. The van der Waals surface area contributed by atoms with Crippen molar-refractivity contribution in [2.75, 3.05) is 0 Å². The lowest BCUT2D eigenvalue weighted by atomic mass is 10.0. The number of aliphatic carboxylic acids is 1. The molecule has 20 heavy (non-hydrogen) atoms. The number of hydrogen-bond acceptors (Lipinski definition) is 3. The number of carbonyl (C=O) groups is 1. The summed E-state index contributed by atoms with van der Waals surface area (Å²) in [6.45, 7) is 2.01. The van der Waals surface area contributed by atoms with Gasteiger partial charge in [-0.25, -0.2) is 9.50 Å². The van der Waals surface area contributed by atoms with E-state index in [1.807, 2.05) is 31.2 Å². The van der Waals surface area contributed by atoms with Crippen molar-refractivity contribution in [2.24, 2.45) is 0 Å². The van der Waals surface area contributed by atoms with E-state index in [-0.39, 0.29) is 6.42 Å². The Morgan fingerprint density at radius 1 is 1.30 bits per heavy atom. The molecule has 5 nitrogen and oxygen atoms in total. The second kappa shape index (κ2) is 4.77. The standard InChI is InChI=1S/C15H13N3O2/c1-10-3-5-11(6-4-10)14-12(9-13(19)20)15-16-7-2-8-18(15)17-14/h2-8H,9H2,1H3,(H,19,20). The minimum atomic E-state index is -0.890. The minimum absolute atomic E-state index is 0.0935. The van der Waals surface area contributed by atoms with E-state index in [1.165, 1.54) is 0 Å². The fourth-order valence-electron chi connectivity index (χ4n) is 2.19. The van der Waals surface area contributed by atoms with Gasteiger partial charge in [0.05, 0.1) is 12.1 Å². The fraction of sp³-hybridized carbons (Fsp3) is 0.133. The zero-order chi connectivity index (χ0) is 14.1. The number of rotatable bonds is 3. The summed E-state index contributed by atoms with van der Waals surface area (Å²) >= 11 is 0. The molecule has 1 N–H and O–H groups in total. The smallest absolute Gasteiger partial charge is 0.308 e. The van der Waals surface area contributed by atoms with Gasteiger partial charge in [-0.2, -0.15) is 5.10 Å². The fourth-order valence-corrected chi connectivity index (χ4v) is 2.19. The van der Waals surface area contributed by atoms with Crippen LogP contribution < -0.4 is 0 Å². The maximum atomic E-state index is 11.1. The highest BCUT2D eigenvalue weighted by Gasteiger charge is 2.17. The monoisotopic (exact) mass is 267 g/mol. The predicted octanol–water partition coefficient (Wildman–Crippen LogP) is 2.33. The Bertz CT molecular complexity index is 775. The normalized spacial score (nSPS) is 10.8. The molecule has 0 aliphatic heterocycles. The van der Waals surface area contributed by atoms with Crippen molar-refractivity contribution < 1.29 is 9.90 Å². The van der Waals surface area contributed by atoms with Crippen molar-refractivity contribution in [2.45, 2.75) is 13.3 Å². The molecular weight excluding hydrogens is 254 g/mol. The molecule has 0 aliphatic carbocycles. The van der Waals surface area contributed by atoms with Crippen LogP contribution in [0, 0.1) is 6.92 Å². The molecule has 0 radical (unpaired) electrons. The van der Waals surface area contributed by atoms with Crippen LogP contribution in [0.3, 0.4) is 0 Å². The lowest BCUT2D eigenvalue weighted by Gasteiger charge is -2.01. The maximum Gasteiger partial charge on any atom is 0.308 e. The molecule has 2 heterocycles. The van der Waals surface area contributed by atoms with Crippen molar-refractivity contribution >= 4 is 11.6 Å². The topological polar surface area (TPSA) is 67.5 Å². The Labute approximate surface area is 115 Å². The Morgan fingerprint density at radius 2 is 2.05 bits per heavy atom. The number of carboxylic acid groups (broad SMARTS) is 1. The van der Waals surface area contributed by atoms with Crippen molar-refractivity contribution in [3.8, 4) is 11.3 Å². The molecule has 0 atom stereocenters. The van der Waals surface area contributed by atoms with Crippen LogP contribution in [0.1, 0.15) is 11.1 Å². The van der Waals surface area contributed by atoms with Gasteiger partial charge < -0.3 is 5.11 Å². The molecule has 0 fully saturated rings. The van der Waals surface area contributed by atoms with Gasteiger partial charge in [-0.1, -0.05) is 29.8 Å². The summed E-state index contributed by atoms with van der Waals surface area (Å²) in [6.07, 6.45) is 3.32. The van der Waals surface area contributed by atoms with Crippen LogP contribution in [-0.2, 0) is 11.2 Å². The Balaban J connectivity index is 2.23. The van der Waals surface area contributed by atoms with E-state index in [1.54, 1.807) is 23.0 Å². The highest BCUT2D eigenvalue weighted by Crippen LogP contribution is 2.25. The number of aryl methyl sites for hydroxylation is 1. The SMILES string of the molecule is Cc1ccc(-c2nn3cccnc3c2CC(=O)O)cc1. The lowest BCUT2D eigenvalue weighted by molar-refractivity contribution is -0.136. The molecule has 0 unspecified atom stereocenters. The van der Waals surface area contributed by atoms with Gasteiger partial charge in [0.15, 0.2) is 5.65 Å². The first kappa shape index (κ1) is 12.3. The van der Waals surface area contributed by atoms with Gasteiger partial charge in [0.2, 0.25) is 0 Å². The summed E-state index contributed by atoms with van der Waals surface area (Å²) in [6, 6.07) is 9.63. The summed E-state index contributed by atoms with van der Waals surface area (Å²) in [5, 5.41) is 13.6. The summed E-state index contributed by atoms with van der Waals surface area (Å²) < 4.78 is 1.62. The average Bonchev–Trinajstić information content (AvgIpc) is 2.78. The summed E-state index contributed by atoms with van der Waals surface area (Å²) in [5.74, 6) is -0.890. The van der Waals surface area contributed by atoms with E-state index in [9.17, 15) is 4.79 Å². The molecule has 3 rings (SSSR count). The van der Waals surface area contributed by atoms with Gasteiger partial charge in [-0.05, 0) is 13.0 Å². The molecular formula is C15H13N3O2. The number of nitrogens with zero attached hydrogens (tertiary/aromatic N) is 3. The van der Waals surface area contributed by atoms with E-state index in [2.05, 4.69) is 10.1 Å².